The monoisotopic (exact) mass is 324 g/mol. The van der Waals surface area contributed by atoms with Crippen molar-refractivity contribution in [2.24, 2.45) is 0 Å². The van der Waals surface area contributed by atoms with E-state index in [9.17, 15) is 5.26 Å². The second-order valence-corrected chi connectivity index (χ2v) is 5.42. The first kappa shape index (κ1) is 14.2. The molecule has 1 aromatic rings. The van der Waals surface area contributed by atoms with E-state index in [1.54, 1.807) is 0 Å². The van der Waals surface area contributed by atoms with E-state index in [2.05, 4.69) is 41.2 Å². The molecule has 0 amide bonds. The van der Waals surface area contributed by atoms with E-state index in [1.165, 1.54) is 0 Å². The van der Waals surface area contributed by atoms with Crippen molar-refractivity contribution < 1.29 is 9.47 Å². The SMILES string of the molecule is CCC(C)NC(C#N)c1cc(Br)c2c(c1)OCCO2. The Labute approximate surface area is 121 Å². The van der Waals surface area contributed by atoms with Gasteiger partial charge < -0.3 is 9.47 Å². The topological polar surface area (TPSA) is 54.3 Å². The van der Waals surface area contributed by atoms with Gasteiger partial charge in [0.25, 0.3) is 0 Å². The molecule has 0 aliphatic carbocycles. The van der Waals surface area contributed by atoms with Crippen LogP contribution < -0.4 is 14.8 Å². The third-order valence-corrected chi connectivity index (χ3v) is 3.73. The van der Waals surface area contributed by atoms with Crippen molar-refractivity contribution in [3.05, 3.63) is 22.2 Å². The number of ether oxygens (including phenoxy) is 2. The average molecular weight is 325 g/mol. The number of halogens is 1. The minimum absolute atomic E-state index is 0.289. The molecule has 0 spiro atoms. The molecule has 1 heterocycles. The van der Waals surface area contributed by atoms with E-state index in [0.29, 0.717) is 19.0 Å². The highest BCUT2D eigenvalue weighted by atomic mass is 79.9. The first-order valence-electron chi connectivity index (χ1n) is 6.40. The number of benzene rings is 1. The summed E-state index contributed by atoms with van der Waals surface area (Å²) in [5.74, 6) is 1.41. The van der Waals surface area contributed by atoms with E-state index in [4.69, 9.17) is 9.47 Å². The van der Waals surface area contributed by atoms with Gasteiger partial charge in [0.15, 0.2) is 11.5 Å². The summed E-state index contributed by atoms with van der Waals surface area (Å²) >= 11 is 3.47. The molecule has 19 heavy (non-hydrogen) atoms. The van der Waals surface area contributed by atoms with Gasteiger partial charge in [0.1, 0.15) is 19.3 Å². The summed E-state index contributed by atoms with van der Waals surface area (Å²) in [5, 5.41) is 12.6. The van der Waals surface area contributed by atoms with Crippen LogP contribution in [-0.4, -0.2) is 19.3 Å². The highest BCUT2D eigenvalue weighted by Crippen LogP contribution is 2.39. The van der Waals surface area contributed by atoms with E-state index in [0.717, 1.165) is 22.2 Å². The number of hydrogen-bond acceptors (Lipinski definition) is 4. The maximum absolute atomic E-state index is 9.32. The van der Waals surface area contributed by atoms with Crippen LogP contribution in [0, 0.1) is 11.3 Å². The number of hydrogen-bond donors (Lipinski definition) is 1. The number of nitrogens with zero attached hydrogens (tertiary/aromatic N) is 1. The molecule has 1 aromatic carbocycles. The lowest BCUT2D eigenvalue weighted by Gasteiger charge is -2.23. The number of nitrogens with one attached hydrogen (secondary N) is 1. The summed E-state index contributed by atoms with van der Waals surface area (Å²) in [6.45, 7) is 5.25. The Morgan fingerprint density at radius 3 is 2.84 bits per heavy atom. The second-order valence-electron chi connectivity index (χ2n) is 4.56. The predicted molar refractivity (Wildman–Crippen MR) is 76.4 cm³/mol. The molecule has 5 heteroatoms. The van der Waals surface area contributed by atoms with Gasteiger partial charge in [-0.15, -0.1) is 0 Å². The fraction of sp³-hybridized carbons (Fsp3) is 0.500. The van der Waals surface area contributed by atoms with Gasteiger partial charge in [-0.3, -0.25) is 5.32 Å². The Kier molecular flexibility index (Phi) is 4.67. The summed E-state index contributed by atoms with van der Waals surface area (Å²) in [6.07, 6.45) is 0.976. The van der Waals surface area contributed by atoms with Crippen LogP contribution in [0.1, 0.15) is 31.9 Å². The Balaban J connectivity index is 2.29. The third-order valence-electron chi connectivity index (χ3n) is 3.15. The van der Waals surface area contributed by atoms with Gasteiger partial charge in [-0.2, -0.15) is 5.26 Å². The molecule has 1 N–H and O–H groups in total. The van der Waals surface area contributed by atoms with Gasteiger partial charge in [0.05, 0.1) is 10.5 Å². The zero-order valence-corrected chi connectivity index (χ0v) is 12.7. The zero-order chi connectivity index (χ0) is 13.8. The molecular formula is C14H17BrN2O2. The lowest BCUT2D eigenvalue weighted by Crippen LogP contribution is -2.29. The molecule has 0 radical (unpaired) electrons. The van der Waals surface area contributed by atoms with Crippen LogP contribution in [0.3, 0.4) is 0 Å². The third kappa shape index (κ3) is 3.20. The molecule has 1 aliphatic rings. The zero-order valence-electron chi connectivity index (χ0n) is 11.1. The van der Waals surface area contributed by atoms with Crippen LogP contribution in [0.25, 0.3) is 0 Å². The van der Waals surface area contributed by atoms with Crippen molar-refractivity contribution in [2.75, 3.05) is 13.2 Å². The van der Waals surface area contributed by atoms with Gasteiger partial charge in [-0.25, -0.2) is 0 Å². The van der Waals surface area contributed by atoms with Crippen LogP contribution in [0.15, 0.2) is 16.6 Å². The van der Waals surface area contributed by atoms with Crippen molar-refractivity contribution in [3.8, 4) is 17.6 Å². The Bertz CT molecular complexity index is 499. The van der Waals surface area contributed by atoms with Crippen LogP contribution in [0.4, 0.5) is 0 Å². The largest absolute Gasteiger partial charge is 0.486 e. The fourth-order valence-corrected chi connectivity index (χ4v) is 2.48. The molecule has 0 saturated heterocycles. The number of rotatable bonds is 4. The summed E-state index contributed by atoms with van der Waals surface area (Å²) in [6, 6.07) is 6.02. The lowest BCUT2D eigenvalue weighted by atomic mass is 10.1. The van der Waals surface area contributed by atoms with Crippen molar-refractivity contribution in [3.63, 3.8) is 0 Å². The summed E-state index contributed by atoms with van der Waals surface area (Å²) in [5.41, 5.74) is 0.888. The standard InChI is InChI=1S/C14H17BrN2O2/c1-3-9(2)17-12(8-16)10-6-11(15)14-13(7-10)18-4-5-19-14/h6-7,9,12,17H,3-5H2,1-2H3. The molecule has 1 aliphatic heterocycles. The van der Waals surface area contributed by atoms with E-state index < -0.39 is 0 Å². The van der Waals surface area contributed by atoms with Crippen molar-refractivity contribution >= 4 is 15.9 Å². The van der Waals surface area contributed by atoms with Gasteiger partial charge in [0.2, 0.25) is 0 Å². The molecular weight excluding hydrogens is 308 g/mol. The van der Waals surface area contributed by atoms with Crippen LogP contribution in [0.5, 0.6) is 11.5 Å². The highest BCUT2D eigenvalue weighted by molar-refractivity contribution is 9.10. The average Bonchev–Trinajstić information content (AvgIpc) is 2.44. The van der Waals surface area contributed by atoms with Gasteiger partial charge in [-0.1, -0.05) is 6.92 Å². The van der Waals surface area contributed by atoms with E-state index in [1.807, 2.05) is 12.1 Å². The Morgan fingerprint density at radius 1 is 1.42 bits per heavy atom. The smallest absolute Gasteiger partial charge is 0.175 e. The number of fused-ring (bicyclic) bond motifs is 1. The maximum Gasteiger partial charge on any atom is 0.175 e. The highest BCUT2D eigenvalue weighted by Gasteiger charge is 2.20. The molecule has 102 valence electrons. The molecule has 0 aromatic heterocycles. The molecule has 2 atom stereocenters. The first-order chi connectivity index (χ1) is 9.15. The predicted octanol–water partition coefficient (Wildman–Crippen LogP) is 3.17. The maximum atomic E-state index is 9.32. The summed E-state index contributed by atoms with van der Waals surface area (Å²) in [7, 11) is 0. The minimum atomic E-state index is -0.345. The van der Waals surface area contributed by atoms with E-state index >= 15 is 0 Å². The van der Waals surface area contributed by atoms with E-state index in [-0.39, 0.29) is 12.1 Å². The quantitative estimate of drug-likeness (QED) is 0.924. The molecule has 0 bridgehead atoms. The molecule has 2 rings (SSSR count). The van der Waals surface area contributed by atoms with Crippen molar-refractivity contribution in [1.82, 2.24) is 5.32 Å². The van der Waals surface area contributed by atoms with Gasteiger partial charge >= 0.3 is 0 Å². The van der Waals surface area contributed by atoms with Gasteiger partial charge in [-0.05, 0) is 47.0 Å². The van der Waals surface area contributed by atoms with Crippen molar-refractivity contribution in [2.45, 2.75) is 32.4 Å². The summed E-state index contributed by atoms with van der Waals surface area (Å²) < 4.78 is 12.0. The molecule has 0 saturated carbocycles. The Morgan fingerprint density at radius 2 is 2.16 bits per heavy atom. The van der Waals surface area contributed by atoms with Crippen LogP contribution >= 0.6 is 15.9 Å². The lowest BCUT2D eigenvalue weighted by molar-refractivity contribution is 0.170. The molecule has 2 unspecified atom stereocenters. The van der Waals surface area contributed by atoms with Gasteiger partial charge in [0, 0.05) is 6.04 Å². The molecule has 0 fully saturated rings. The first-order valence-corrected chi connectivity index (χ1v) is 7.19. The van der Waals surface area contributed by atoms with Crippen LogP contribution in [0.2, 0.25) is 0 Å². The normalized spacial score (nSPS) is 16.5. The van der Waals surface area contributed by atoms with Crippen molar-refractivity contribution in [1.29, 1.82) is 5.26 Å². The second kappa shape index (κ2) is 6.27. The number of nitriles is 1. The Hall–Kier alpha value is -1.25. The minimum Gasteiger partial charge on any atom is -0.486 e. The summed E-state index contributed by atoms with van der Waals surface area (Å²) in [4.78, 5) is 0. The molecule has 4 nitrogen and oxygen atoms in total. The fourth-order valence-electron chi connectivity index (χ4n) is 1.91. The van der Waals surface area contributed by atoms with Crippen LogP contribution in [-0.2, 0) is 0 Å².